The van der Waals surface area contributed by atoms with Crippen LogP contribution in [-0.4, -0.2) is 23.9 Å². The van der Waals surface area contributed by atoms with E-state index < -0.39 is 0 Å². The molecule has 3 aliphatic rings. The third kappa shape index (κ3) is 3.07. The third-order valence-electron chi connectivity index (χ3n) is 6.94. The number of ether oxygens (including phenoxy) is 1. The fraction of sp³-hybridized carbons (Fsp3) is 0.375. The van der Waals surface area contributed by atoms with Crippen molar-refractivity contribution < 1.29 is 19.1 Å². The van der Waals surface area contributed by atoms with Crippen LogP contribution in [0.15, 0.2) is 42.5 Å². The number of aryl methyl sites for hydroxylation is 2. The summed E-state index contributed by atoms with van der Waals surface area (Å²) in [4.78, 5) is 37.8. The molecule has 2 amide bonds. The number of rotatable bonds is 4. The van der Waals surface area contributed by atoms with Crippen molar-refractivity contribution >= 4 is 29.2 Å². The first-order valence-corrected chi connectivity index (χ1v) is 10.4. The zero-order valence-electron chi connectivity index (χ0n) is 17.0. The van der Waals surface area contributed by atoms with Crippen LogP contribution in [0, 0.1) is 37.5 Å². The van der Waals surface area contributed by atoms with Gasteiger partial charge in [-0.15, -0.1) is 0 Å². The number of nitrogens with one attached hydrogen (secondary N) is 2. The van der Waals surface area contributed by atoms with E-state index in [1.165, 1.54) is 0 Å². The largest absolute Gasteiger partial charge is 0.462 e. The van der Waals surface area contributed by atoms with Gasteiger partial charge in [0.1, 0.15) is 6.10 Å². The molecule has 2 N–H and O–H groups in total. The molecule has 6 nitrogen and oxygen atoms in total. The van der Waals surface area contributed by atoms with Gasteiger partial charge in [-0.1, -0.05) is 12.1 Å². The zero-order valence-corrected chi connectivity index (χ0v) is 17.0. The predicted molar refractivity (Wildman–Crippen MR) is 112 cm³/mol. The minimum atomic E-state index is -0.339. The van der Waals surface area contributed by atoms with Gasteiger partial charge >= 0.3 is 5.97 Å². The highest BCUT2D eigenvalue weighted by Gasteiger charge is 2.63. The molecule has 2 aliphatic carbocycles. The minimum Gasteiger partial charge on any atom is -0.462 e. The van der Waals surface area contributed by atoms with Gasteiger partial charge in [-0.05, 0) is 74.1 Å². The van der Waals surface area contributed by atoms with E-state index in [-0.39, 0.29) is 47.6 Å². The zero-order chi connectivity index (χ0) is 21.0. The molecular weight excluding hydrogens is 380 g/mol. The summed E-state index contributed by atoms with van der Waals surface area (Å²) >= 11 is 0. The lowest BCUT2D eigenvalue weighted by Crippen LogP contribution is -2.35. The van der Waals surface area contributed by atoms with Crippen molar-refractivity contribution in [2.24, 2.45) is 23.7 Å². The van der Waals surface area contributed by atoms with Crippen LogP contribution in [0.4, 0.5) is 11.4 Å². The van der Waals surface area contributed by atoms with Gasteiger partial charge in [0.25, 0.3) is 5.91 Å². The van der Waals surface area contributed by atoms with E-state index in [0.29, 0.717) is 11.3 Å². The fourth-order valence-corrected chi connectivity index (χ4v) is 5.35. The molecule has 1 aliphatic heterocycles. The van der Waals surface area contributed by atoms with Crippen molar-refractivity contribution in [2.45, 2.75) is 32.8 Å². The molecule has 0 unspecified atom stereocenters. The highest BCUT2D eigenvalue weighted by Crippen LogP contribution is 2.57. The molecule has 5 atom stereocenters. The summed E-state index contributed by atoms with van der Waals surface area (Å²) in [7, 11) is 0. The maximum absolute atomic E-state index is 13.0. The number of benzene rings is 2. The summed E-state index contributed by atoms with van der Waals surface area (Å²) in [5, 5.41) is 5.82. The molecule has 2 bridgehead atoms. The second-order valence-corrected chi connectivity index (χ2v) is 8.75. The first-order valence-electron chi connectivity index (χ1n) is 10.4. The van der Waals surface area contributed by atoms with Gasteiger partial charge in [0, 0.05) is 22.9 Å². The third-order valence-corrected chi connectivity index (χ3v) is 6.94. The Balaban J connectivity index is 1.29. The summed E-state index contributed by atoms with van der Waals surface area (Å²) < 4.78 is 5.42. The Bertz CT molecular complexity index is 1060. The molecule has 5 rings (SSSR count). The van der Waals surface area contributed by atoms with E-state index in [1.807, 2.05) is 32.0 Å². The number of anilines is 2. The first-order chi connectivity index (χ1) is 14.4. The van der Waals surface area contributed by atoms with Gasteiger partial charge in [0.05, 0.1) is 11.8 Å². The van der Waals surface area contributed by atoms with Crippen LogP contribution >= 0.6 is 0 Å². The van der Waals surface area contributed by atoms with Crippen molar-refractivity contribution in [3.63, 3.8) is 0 Å². The summed E-state index contributed by atoms with van der Waals surface area (Å²) in [6.45, 7) is 4.02. The Kier molecular flexibility index (Phi) is 4.38. The Morgan fingerprint density at radius 2 is 1.77 bits per heavy atom. The van der Waals surface area contributed by atoms with Gasteiger partial charge in [-0.3, -0.25) is 14.4 Å². The molecule has 30 heavy (non-hydrogen) atoms. The first kappa shape index (κ1) is 18.9. The monoisotopic (exact) mass is 404 g/mol. The van der Waals surface area contributed by atoms with E-state index in [1.54, 1.807) is 24.3 Å². The molecule has 154 valence electrons. The van der Waals surface area contributed by atoms with Crippen LogP contribution in [0.25, 0.3) is 0 Å². The second-order valence-electron chi connectivity index (χ2n) is 8.75. The number of hydrogen-bond donors (Lipinski definition) is 2. The minimum absolute atomic E-state index is 0.00832. The van der Waals surface area contributed by atoms with Crippen molar-refractivity contribution in [3.8, 4) is 0 Å². The van der Waals surface area contributed by atoms with Gasteiger partial charge < -0.3 is 15.4 Å². The van der Waals surface area contributed by atoms with E-state index in [2.05, 4.69) is 10.6 Å². The molecule has 2 aromatic carbocycles. The lowest BCUT2D eigenvalue weighted by molar-refractivity contribution is -0.145. The van der Waals surface area contributed by atoms with Gasteiger partial charge in [0.2, 0.25) is 5.91 Å². The Labute approximate surface area is 175 Å². The average molecular weight is 404 g/mol. The quantitative estimate of drug-likeness (QED) is 0.761. The lowest BCUT2D eigenvalue weighted by atomic mass is 9.79. The van der Waals surface area contributed by atoms with Crippen molar-refractivity contribution in [1.29, 1.82) is 0 Å². The van der Waals surface area contributed by atoms with Crippen LogP contribution in [0.2, 0.25) is 0 Å². The number of carbonyl (C=O) groups is 3. The number of hydrogen-bond acceptors (Lipinski definition) is 4. The summed E-state index contributed by atoms with van der Waals surface area (Å²) in [6.07, 6.45) is 1.68. The van der Waals surface area contributed by atoms with Crippen molar-refractivity contribution in [1.82, 2.24) is 0 Å². The molecule has 2 aromatic rings. The standard InChI is InChI=1S/C24H24N2O4/c1-12-6-7-17(8-13(12)2)25-22(27)14-4-3-5-16(9-14)26-23(28)20-15-10-18-19(11-15)30-24(29)21(18)20/h3-9,15,18-21H,10-11H2,1-2H3,(H,25,27)(H,26,28)/t15-,18+,19+,20-,21+/m1/s1. The topological polar surface area (TPSA) is 84.5 Å². The normalized spacial score (nSPS) is 28.3. The van der Waals surface area contributed by atoms with Gasteiger partial charge in [0.15, 0.2) is 0 Å². The van der Waals surface area contributed by atoms with Crippen LogP contribution < -0.4 is 10.6 Å². The maximum atomic E-state index is 13.0. The molecule has 1 heterocycles. The summed E-state index contributed by atoms with van der Waals surface area (Å²) in [5.74, 6) is -0.889. The smallest absolute Gasteiger partial charge is 0.310 e. The Hall–Kier alpha value is -3.15. The molecule has 0 aromatic heterocycles. The average Bonchev–Trinajstić information content (AvgIpc) is 3.33. The van der Waals surface area contributed by atoms with E-state index in [4.69, 9.17) is 4.74 Å². The molecule has 6 heteroatoms. The number of carbonyl (C=O) groups excluding carboxylic acids is 3. The van der Waals surface area contributed by atoms with Crippen LogP contribution in [0.1, 0.15) is 34.3 Å². The molecule has 1 saturated heterocycles. The van der Waals surface area contributed by atoms with Crippen LogP contribution in [0.5, 0.6) is 0 Å². The van der Waals surface area contributed by atoms with Gasteiger partial charge in [-0.2, -0.15) is 0 Å². The fourth-order valence-electron chi connectivity index (χ4n) is 5.35. The number of amides is 2. The molecule has 0 spiro atoms. The predicted octanol–water partition coefficient (Wildman–Crippen LogP) is 3.69. The van der Waals surface area contributed by atoms with Gasteiger partial charge in [-0.25, -0.2) is 0 Å². The highest BCUT2D eigenvalue weighted by molar-refractivity contribution is 6.05. The molecule has 0 radical (unpaired) electrons. The van der Waals surface area contributed by atoms with E-state index in [0.717, 1.165) is 29.7 Å². The highest BCUT2D eigenvalue weighted by atomic mass is 16.6. The van der Waals surface area contributed by atoms with Crippen molar-refractivity contribution in [3.05, 3.63) is 59.2 Å². The molecule has 3 fully saturated rings. The Morgan fingerprint density at radius 1 is 0.967 bits per heavy atom. The van der Waals surface area contributed by atoms with E-state index >= 15 is 0 Å². The molecular formula is C24H24N2O4. The summed E-state index contributed by atoms with van der Waals surface area (Å²) in [6, 6.07) is 12.6. The molecule has 2 saturated carbocycles. The van der Waals surface area contributed by atoms with Crippen LogP contribution in [-0.2, 0) is 14.3 Å². The van der Waals surface area contributed by atoms with Crippen molar-refractivity contribution in [2.75, 3.05) is 10.6 Å². The summed E-state index contributed by atoms with van der Waals surface area (Å²) in [5.41, 5.74) is 4.01. The lowest BCUT2D eigenvalue weighted by Gasteiger charge is -2.23. The van der Waals surface area contributed by atoms with Crippen LogP contribution in [0.3, 0.4) is 0 Å². The second kappa shape index (κ2) is 6.97. The Morgan fingerprint density at radius 3 is 2.57 bits per heavy atom. The van der Waals surface area contributed by atoms with E-state index in [9.17, 15) is 14.4 Å². The SMILES string of the molecule is Cc1ccc(NC(=O)c2cccc(NC(=O)[C@@H]3[C@@H]4C[C@@H]5[C@@H]3C(=O)O[C@H]5C4)c2)cc1C. The number of fused-ring (bicyclic) bond motifs is 1. The maximum Gasteiger partial charge on any atom is 0.310 e. The number of esters is 1.